The lowest BCUT2D eigenvalue weighted by molar-refractivity contribution is 0.369. The number of hydrogen-bond acceptors (Lipinski definition) is 5. The van der Waals surface area contributed by atoms with Crippen molar-refractivity contribution in [2.45, 2.75) is 25.8 Å². The Labute approximate surface area is 100 Å². The largest absolute Gasteiger partial charge is 0.339 e. The summed E-state index contributed by atoms with van der Waals surface area (Å²) in [6, 6.07) is 2.31. The van der Waals surface area contributed by atoms with Gasteiger partial charge in [-0.05, 0) is 26.5 Å². The van der Waals surface area contributed by atoms with Crippen LogP contribution in [0.25, 0.3) is 11.5 Å². The lowest BCUT2D eigenvalue weighted by Crippen LogP contribution is -2.21. The van der Waals surface area contributed by atoms with Crippen molar-refractivity contribution in [3.63, 3.8) is 0 Å². The molecule has 0 amide bonds. The van der Waals surface area contributed by atoms with Gasteiger partial charge in [0.05, 0.1) is 0 Å². The van der Waals surface area contributed by atoms with Gasteiger partial charge in [-0.15, -0.1) is 0 Å². The molecule has 1 unspecified atom stereocenters. The Morgan fingerprint density at radius 2 is 2.35 bits per heavy atom. The molecule has 0 aliphatic rings. The third kappa shape index (κ3) is 2.91. The van der Waals surface area contributed by atoms with E-state index in [1.807, 2.05) is 26.4 Å². The van der Waals surface area contributed by atoms with Gasteiger partial charge in [0.2, 0.25) is 11.7 Å². The zero-order chi connectivity index (χ0) is 12.3. The first-order chi connectivity index (χ1) is 8.19. The van der Waals surface area contributed by atoms with Crippen LogP contribution in [-0.2, 0) is 13.5 Å². The second-order valence-electron chi connectivity index (χ2n) is 4.11. The summed E-state index contributed by atoms with van der Waals surface area (Å²) >= 11 is 0. The Balaban J connectivity index is 2.01. The van der Waals surface area contributed by atoms with E-state index in [0.717, 1.165) is 18.5 Å². The van der Waals surface area contributed by atoms with Gasteiger partial charge in [-0.1, -0.05) is 5.16 Å². The minimum atomic E-state index is 0.445. The van der Waals surface area contributed by atoms with Crippen molar-refractivity contribution < 1.29 is 4.52 Å². The summed E-state index contributed by atoms with van der Waals surface area (Å²) in [5.74, 6) is 1.21. The zero-order valence-electron chi connectivity index (χ0n) is 10.3. The monoisotopic (exact) mass is 235 g/mol. The van der Waals surface area contributed by atoms with Crippen molar-refractivity contribution >= 4 is 0 Å². The minimum Gasteiger partial charge on any atom is -0.339 e. The van der Waals surface area contributed by atoms with E-state index in [0.29, 0.717) is 17.8 Å². The molecule has 6 nitrogen and oxygen atoms in total. The molecule has 2 aromatic heterocycles. The van der Waals surface area contributed by atoms with Crippen molar-refractivity contribution in [2.24, 2.45) is 7.05 Å². The van der Waals surface area contributed by atoms with Crippen LogP contribution >= 0.6 is 0 Å². The predicted molar refractivity (Wildman–Crippen MR) is 63.3 cm³/mol. The van der Waals surface area contributed by atoms with Gasteiger partial charge in [-0.3, -0.25) is 4.68 Å². The van der Waals surface area contributed by atoms with E-state index in [9.17, 15) is 0 Å². The molecule has 17 heavy (non-hydrogen) atoms. The summed E-state index contributed by atoms with van der Waals surface area (Å²) in [6.45, 7) is 2.12. The average Bonchev–Trinajstić information content (AvgIpc) is 2.94. The Morgan fingerprint density at radius 1 is 1.53 bits per heavy atom. The molecule has 6 heteroatoms. The molecule has 0 saturated carbocycles. The quantitative estimate of drug-likeness (QED) is 0.837. The summed E-state index contributed by atoms with van der Waals surface area (Å²) in [6.07, 6.45) is 3.61. The molecule has 0 radical (unpaired) electrons. The van der Waals surface area contributed by atoms with Crippen LogP contribution < -0.4 is 5.32 Å². The van der Waals surface area contributed by atoms with Gasteiger partial charge in [0.1, 0.15) is 5.69 Å². The van der Waals surface area contributed by atoms with E-state index in [-0.39, 0.29) is 0 Å². The Morgan fingerprint density at radius 3 is 3.00 bits per heavy atom. The predicted octanol–water partition coefficient (Wildman–Crippen LogP) is 1.01. The lowest BCUT2D eigenvalue weighted by Gasteiger charge is -2.06. The van der Waals surface area contributed by atoms with Crippen LogP contribution in [0.15, 0.2) is 16.8 Å². The number of nitrogens with one attached hydrogen (secondary N) is 1. The first kappa shape index (κ1) is 11.8. The highest BCUT2D eigenvalue weighted by atomic mass is 16.5. The van der Waals surface area contributed by atoms with Crippen molar-refractivity contribution in [2.75, 3.05) is 7.05 Å². The fraction of sp³-hybridized carbons (Fsp3) is 0.545. The zero-order valence-corrected chi connectivity index (χ0v) is 10.3. The number of nitrogens with zero attached hydrogens (tertiary/aromatic N) is 4. The van der Waals surface area contributed by atoms with Gasteiger partial charge in [-0.25, -0.2) is 0 Å². The van der Waals surface area contributed by atoms with Crippen molar-refractivity contribution in [1.29, 1.82) is 0 Å². The Bertz CT molecular complexity index is 476. The van der Waals surface area contributed by atoms with E-state index in [2.05, 4.69) is 27.5 Å². The summed E-state index contributed by atoms with van der Waals surface area (Å²) in [5, 5.41) is 11.3. The molecular formula is C11H17N5O. The average molecular weight is 235 g/mol. The molecule has 92 valence electrons. The topological polar surface area (TPSA) is 68.8 Å². The first-order valence-corrected chi connectivity index (χ1v) is 5.69. The maximum atomic E-state index is 5.19. The minimum absolute atomic E-state index is 0.445. The van der Waals surface area contributed by atoms with Crippen LogP contribution in [0.5, 0.6) is 0 Å². The van der Waals surface area contributed by atoms with E-state index >= 15 is 0 Å². The Kier molecular flexibility index (Phi) is 3.53. The van der Waals surface area contributed by atoms with Crippen LogP contribution in [0, 0.1) is 0 Å². The fourth-order valence-electron chi connectivity index (χ4n) is 1.48. The molecule has 0 aromatic carbocycles. The molecule has 1 N–H and O–H groups in total. The number of aryl methyl sites for hydroxylation is 2. The molecule has 0 bridgehead atoms. The summed E-state index contributed by atoms with van der Waals surface area (Å²) < 4.78 is 6.90. The molecule has 0 fully saturated rings. The van der Waals surface area contributed by atoms with Crippen molar-refractivity contribution in [3.05, 3.63) is 18.2 Å². The van der Waals surface area contributed by atoms with Crippen LogP contribution in [0.4, 0.5) is 0 Å². The van der Waals surface area contributed by atoms with Crippen molar-refractivity contribution in [3.8, 4) is 11.5 Å². The smallest absolute Gasteiger partial charge is 0.227 e. The molecule has 0 spiro atoms. The van der Waals surface area contributed by atoms with E-state index in [1.165, 1.54) is 0 Å². The van der Waals surface area contributed by atoms with Gasteiger partial charge < -0.3 is 9.84 Å². The van der Waals surface area contributed by atoms with E-state index in [1.54, 1.807) is 4.68 Å². The highest BCUT2D eigenvalue weighted by molar-refractivity contribution is 5.46. The fourth-order valence-corrected chi connectivity index (χ4v) is 1.48. The maximum Gasteiger partial charge on any atom is 0.227 e. The standard InChI is InChI=1S/C11H17N5O/c1-8(12-2)4-5-10-13-11(15-17-10)9-6-7-16(3)14-9/h6-8,12H,4-5H2,1-3H3. The Hall–Kier alpha value is -1.69. The highest BCUT2D eigenvalue weighted by Crippen LogP contribution is 2.13. The van der Waals surface area contributed by atoms with E-state index < -0.39 is 0 Å². The second kappa shape index (κ2) is 5.09. The molecule has 0 aliphatic heterocycles. The molecule has 0 aliphatic carbocycles. The van der Waals surface area contributed by atoms with Crippen LogP contribution in [0.3, 0.4) is 0 Å². The summed E-state index contributed by atoms with van der Waals surface area (Å²) in [5.41, 5.74) is 0.740. The summed E-state index contributed by atoms with van der Waals surface area (Å²) in [4.78, 5) is 4.32. The van der Waals surface area contributed by atoms with Crippen LogP contribution in [0.2, 0.25) is 0 Å². The number of hydrogen-bond donors (Lipinski definition) is 1. The van der Waals surface area contributed by atoms with Crippen molar-refractivity contribution in [1.82, 2.24) is 25.2 Å². The molecule has 1 atom stereocenters. The van der Waals surface area contributed by atoms with Gasteiger partial charge in [0.25, 0.3) is 0 Å². The summed E-state index contributed by atoms with van der Waals surface area (Å²) in [7, 11) is 3.80. The molecule has 2 aromatic rings. The number of aromatic nitrogens is 4. The lowest BCUT2D eigenvalue weighted by atomic mass is 10.2. The van der Waals surface area contributed by atoms with E-state index in [4.69, 9.17) is 4.52 Å². The van der Waals surface area contributed by atoms with Gasteiger partial charge in [0, 0.05) is 25.7 Å². The first-order valence-electron chi connectivity index (χ1n) is 5.69. The van der Waals surface area contributed by atoms with Gasteiger partial charge in [-0.2, -0.15) is 10.1 Å². The van der Waals surface area contributed by atoms with Crippen LogP contribution in [-0.4, -0.2) is 33.0 Å². The third-order valence-electron chi connectivity index (χ3n) is 2.69. The highest BCUT2D eigenvalue weighted by Gasteiger charge is 2.11. The second-order valence-corrected chi connectivity index (χ2v) is 4.11. The maximum absolute atomic E-state index is 5.19. The normalized spacial score (nSPS) is 12.9. The molecular weight excluding hydrogens is 218 g/mol. The molecule has 2 heterocycles. The van der Waals surface area contributed by atoms with Crippen LogP contribution in [0.1, 0.15) is 19.2 Å². The van der Waals surface area contributed by atoms with Gasteiger partial charge >= 0.3 is 0 Å². The van der Waals surface area contributed by atoms with Gasteiger partial charge in [0.15, 0.2) is 0 Å². The SMILES string of the molecule is CNC(C)CCc1nc(-c2ccn(C)n2)no1. The third-order valence-corrected chi connectivity index (χ3v) is 2.69. The molecule has 2 rings (SSSR count). The number of rotatable bonds is 5. The molecule has 0 saturated heterocycles.